The first-order valence-electron chi connectivity index (χ1n) is 9.57. The van der Waals surface area contributed by atoms with Gasteiger partial charge in [0, 0.05) is 25.0 Å². The van der Waals surface area contributed by atoms with E-state index in [-0.39, 0.29) is 11.7 Å². The minimum atomic E-state index is -0.298. The molecule has 0 radical (unpaired) electrons. The first kappa shape index (κ1) is 20.6. The number of pyridine rings is 2. The molecule has 0 atom stereocenters. The zero-order valence-electron chi connectivity index (χ0n) is 16.7. The molecule has 3 aromatic heterocycles. The normalized spacial score (nSPS) is 10.6. The van der Waals surface area contributed by atoms with Gasteiger partial charge in [-0.2, -0.15) is 0 Å². The molecule has 31 heavy (non-hydrogen) atoms. The molecule has 0 fully saturated rings. The number of ether oxygens (including phenoxy) is 1. The van der Waals surface area contributed by atoms with Gasteiger partial charge in [-0.25, -0.2) is 14.4 Å². The number of hydrogen-bond donors (Lipinski definition) is 1. The second kappa shape index (κ2) is 9.44. The summed E-state index contributed by atoms with van der Waals surface area (Å²) in [7, 11) is 0. The van der Waals surface area contributed by atoms with E-state index >= 15 is 0 Å². The van der Waals surface area contributed by atoms with E-state index < -0.39 is 0 Å². The van der Waals surface area contributed by atoms with Gasteiger partial charge in [0.05, 0.1) is 10.7 Å². The molecule has 0 bridgehead atoms. The van der Waals surface area contributed by atoms with Crippen LogP contribution < -0.4 is 10.1 Å². The maximum atomic E-state index is 13.1. The van der Waals surface area contributed by atoms with Crippen LogP contribution in [0.25, 0.3) is 0 Å². The lowest BCUT2D eigenvalue weighted by atomic mass is 10.1. The Hall–Kier alpha value is -3.65. The van der Waals surface area contributed by atoms with Crippen molar-refractivity contribution in [2.24, 2.45) is 0 Å². The van der Waals surface area contributed by atoms with Crippen LogP contribution in [0.3, 0.4) is 0 Å². The van der Waals surface area contributed by atoms with Crippen molar-refractivity contribution in [2.75, 3.05) is 5.32 Å². The Bertz CT molecular complexity index is 1180. The van der Waals surface area contributed by atoms with Crippen LogP contribution in [0.4, 0.5) is 10.2 Å². The molecule has 0 saturated carbocycles. The molecule has 0 unspecified atom stereocenters. The second-order valence-corrected chi connectivity index (χ2v) is 7.86. The molecule has 4 aromatic rings. The molecule has 6 nitrogen and oxygen atoms in total. The highest BCUT2D eigenvalue weighted by atomic mass is 32.1. The van der Waals surface area contributed by atoms with E-state index in [1.807, 2.05) is 12.1 Å². The summed E-state index contributed by atoms with van der Waals surface area (Å²) in [5.74, 6) is 0.236. The number of hydrogen-bond acceptors (Lipinski definition) is 6. The zero-order chi connectivity index (χ0) is 21.6. The highest BCUT2D eigenvalue weighted by molar-refractivity contribution is 7.14. The SMILES string of the molecule is Cc1nc(Cc2ccc(F)cc2)sc1C(=O)Nc1ncccc1OCc1ccncc1. The van der Waals surface area contributed by atoms with Crippen molar-refractivity contribution in [3.05, 3.63) is 99.6 Å². The number of nitrogens with one attached hydrogen (secondary N) is 1. The summed E-state index contributed by atoms with van der Waals surface area (Å²) < 4.78 is 18.9. The average Bonchev–Trinajstić information content (AvgIpc) is 3.15. The molecule has 0 saturated heterocycles. The highest BCUT2D eigenvalue weighted by Gasteiger charge is 2.18. The van der Waals surface area contributed by atoms with Gasteiger partial charge in [-0.05, 0) is 54.4 Å². The third-order valence-corrected chi connectivity index (χ3v) is 5.62. The summed E-state index contributed by atoms with van der Waals surface area (Å²) in [5, 5.41) is 3.60. The molecule has 1 amide bonds. The number of aryl methyl sites for hydroxylation is 1. The maximum absolute atomic E-state index is 13.1. The molecule has 0 aliphatic rings. The summed E-state index contributed by atoms with van der Waals surface area (Å²) in [4.78, 5) is 26.1. The van der Waals surface area contributed by atoms with Gasteiger partial charge < -0.3 is 10.1 Å². The van der Waals surface area contributed by atoms with Gasteiger partial charge in [-0.15, -0.1) is 11.3 Å². The molecule has 3 heterocycles. The second-order valence-electron chi connectivity index (χ2n) is 6.77. The van der Waals surface area contributed by atoms with Gasteiger partial charge in [0.1, 0.15) is 17.3 Å². The van der Waals surface area contributed by atoms with Crippen LogP contribution in [0, 0.1) is 12.7 Å². The van der Waals surface area contributed by atoms with E-state index in [0.29, 0.717) is 35.2 Å². The van der Waals surface area contributed by atoms with Crippen molar-refractivity contribution in [2.45, 2.75) is 20.0 Å². The van der Waals surface area contributed by atoms with Crippen molar-refractivity contribution in [1.29, 1.82) is 0 Å². The Balaban J connectivity index is 1.46. The fourth-order valence-corrected chi connectivity index (χ4v) is 3.91. The third-order valence-electron chi connectivity index (χ3n) is 4.46. The summed E-state index contributed by atoms with van der Waals surface area (Å²) in [6.45, 7) is 2.12. The van der Waals surface area contributed by atoms with E-state index in [1.54, 1.807) is 49.8 Å². The number of amides is 1. The third kappa shape index (κ3) is 5.29. The van der Waals surface area contributed by atoms with Crippen LogP contribution in [0.2, 0.25) is 0 Å². The van der Waals surface area contributed by atoms with E-state index in [4.69, 9.17) is 4.74 Å². The van der Waals surface area contributed by atoms with Crippen LogP contribution in [0.5, 0.6) is 5.75 Å². The summed E-state index contributed by atoms with van der Waals surface area (Å²) in [6, 6.07) is 13.5. The van der Waals surface area contributed by atoms with Crippen molar-refractivity contribution < 1.29 is 13.9 Å². The lowest BCUT2D eigenvalue weighted by molar-refractivity contribution is 0.102. The first-order valence-corrected chi connectivity index (χ1v) is 10.4. The van der Waals surface area contributed by atoms with Gasteiger partial charge in [0.2, 0.25) is 0 Å². The molecular weight excluding hydrogens is 415 g/mol. The maximum Gasteiger partial charge on any atom is 0.268 e. The highest BCUT2D eigenvalue weighted by Crippen LogP contribution is 2.26. The van der Waals surface area contributed by atoms with Gasteiger partial charge in [0.15, 0.2) is 11.6 Å². The fraction of sp³-hybridized carbons (Fsp3) is 0.130. The Morgan fingerprint density at radius 1 is 1.06 bits per heavy atom. The largest absolute Gasteiger partial charge is 0.485 e. The molecule has 1 N–H and O–H groups in total. The van der Waals surface area contributed by atoms with Crippen LogP contribution in [-0.4, -0.2) is 20.9 Å². The zero-order valence-corrected chi connectivity index (χ0v) is 17.5. The van der Waals surface area contributed by atoms with E-state index in [2.05, 4.69) is 20.3 Å². The molecule has 0 aliphatic heterocycles. The number of anilines is 1. The molecule has 1 aromatic carbocycles. The lowest BCUT2D eigenvalue weighted by Crippen LogP contribution is -2.14. The minimum absolute atomic E-state index is 0.281. The molecule has 4 rings (SSSR count). The van der Waals surface area contributed by atoms with E-state index in [9.17, 15) is 9.18 Å². The number of carbonyl (C=O) groups is 1. The predicted octanol–water partition coefficient (Wildman–Crippen LogP) is 4.80. The molecule has 0 spiro atoms. The molecule has 0 aliphatic carbocycles. The van der Waals surface area contributed by atoms with Crippen LogP contribution in [-0.2, 0) is 13.0 Å². The number of nitrogens with zero attached hydrogens (tertiary/aromatic N) is 3. The van der Waals surface area contributed by atoms with Crippen molar-refractivity contribution >= 4 is 23.1 Å². The topological polar surface area (TPSA) is 77.0 Å². The minimum Gasteiger partial charge on any atom is -0.485 e. The van der Waals surface area contributed by atoms with Gasteiger partial charge in [-0.3, -0.25) is 9.78 Å². The summed E-state index contributed by atoms with van der Waals surface area (Å²) in [6.07, 6.45) is 5.51. The number of benzene rings is 1. The Morgan fingerprint density at radius 3 is 2.61 bits per heavy atom. The summed E-state index contributed by atoms with van der Waals surface area (Å²) in [5.41, 5.74) is 2.52. The fourth-order valence-electron chi connectivity index (χ4n) is 2.92. The van der Waals surface area contributed by atoms with Crippen molar-refractivity contribution in [1.82, 2.24) is 15.0 Å². The average molecular weight is 434 g/mol. The van der Waals surface area contributed by atoms with Gasteiger partial charge in [0.25, 0.3) is 5.91 Å². The van der Waals surface area contributed by atoms with E-state index in [1.165, 1.54) is 23.5 Å². The monoisotopic (exact) mass is 434 g/mol. The molecular formula is C23H19FN4O2S. The molecule has 8 heteroatoms. The number of thiazole rings is 1. The predicted molar refractivity (Wildman–Crippen MR) is 117 cm³/mol. The smallest absolute Gasteiger partial charge is 0.268 e. The van der Waals surface area contributed by atoms with Crippen molar-refractivity contribution in [3.8, 4) is 5.75 Å². The Morgan fingerprint density at radius 2 is 1.84 bits per heavy atom. The number of rotatable bonds is 7. The quantitative estimate of drug-likeness (QED) is 0.452. The first-order chi connectivity index (χ1) is 15.1. The number of carbonyl (C=O) groups excluding carboxylic acids is 1. The van der Waals surface area contributed by atoms with E-state index in [0.717, 1.165) is 16.1 Å². The lowest BCUT2D eigenvalue weighted by Gasteiger charge is -2.11. The number of aromatic nitrogens is 3. The van der Waals surface area contributed by atoms with Crippen LogP contribution in [0.1, 0.15) is 31.5 Å². The Labute approximate surface area is 182 Å². The van der Waals surface area contributed by atoms with Crippen LogP contribution >= 0.6 is 11.3 Å². The van der Waals surface area contributed by atoms with Crippen LogP contribution in [0.15, 0.2) is 67.1 Å². The van der Waals surface area contributed by atoms with Gasteiger partial charge >= 0.3 is 0 Å². The van der Waals surface area contributed by atoms with Crippen molar-refractivity contribution in [3.63, 3.8) is 0 Å². The number of halogens is 1. The van der Waals surface area contributed by atoms with Gasteiger partial charge in [-0.1, -0.05) is 12.1 Å². The standard InChI is InChI=1S/C23H19FN4O2S/c1-15-21(31-20(27-15)13-16-4-6-18(24)7-5-16)23(29)28-22-19(3-2-10-26-22)30-14-17-8-11-25-12-9-17/h2-12H,13-14H2,1H3,(H,26,28,29). The Kier molecular flexibility index (Phi) is 6.28. The summed E-state index contributed by atoms with van der Waals surface area (Å²) >= 11 is 1.31. The molecule has 156 valence electrons.